The van der Waals surface area contributed by atoms with Crippen LogP contribution in [0.4, 0.5) is 34.1 Å². The van der Waals surface area contributed by atoms with Crippen molar-refractivity contribution in [3.05, 3.63) is 238 Å². The van der Waals surface area contributed by atoms with Gasteiger partial charge in [0, 0.05) is 0 Å². The summed E-state index contributed by atoms with van der Waals surface area (Å²) in [5.41, 5.74) is 19.7. The zero-order valence-electron chi connectivity index (χ0n) is 36.8. The van der Waals surface area contributed by atoms with E-state index in [1.54, 1.807) is 8.87 Å². The first kappa shape index (κ1) is 39.5. The normalized spacial score (nSPS) is 13.5. The Balaban J connectivity index is 0.992. The molecule has 5 heteroatoms. The van der Waals surface area contributed by atoms with E-state index in [4.69, 9.17) is 4.42 Å². The molecule has 4 heterocycles. The number of rotatable bonds is 6. The molecule has 1 aliphatic carbocycles. The second-order valence-electron chi connectivity index (χ2n) is 18.5. The smallest absolute Gasteiger partial charge is 0.0564 e. The van der Waals surface area contributed by atoms with Crippen LogP contribution in [0.25, 0.3) is 53.1 Å². The summed E-state index contributed by atoms with van der Waals surface area (Å²) in [5, 5.41) is 2.27. The van der Waals surface area contributed by atoms with Crippen LogP contribution in [-0.4, -0.2) is 29.0 Å². The molecule has 66 heavy (non-hydrogen) atoms. The summed E-state index contributed by atoms with van der Waals surface area (Å²) in [5.74, 6) is 0. The van der Waals surface area contributed by atoms with E-state index in [1.807, 2.05) is 0 Å². The summed E-state index contributed by atoms with van der Waals surface area (Å²) in [6, 6.07) is 74.1. The molecule has 0 atom stereocenters. The molecule has 3 aromatic heterocycles. The van der Waals surface area contributed by atoms with Gasteiger partial charge in [-0.2, -0.15) is 0 Å². The third-order valence-electron chi connectivity index (χ3n) is 13.8. The van der Waals surface area contributed by atoms with Gasteiger partial charge in [0.1, 0.15) is 0 Å². The van der Waals surface area contributed by atoms with Crippen molar-refractivity contribution in [3.8, 4) is 31.1 Å². The van der Waals surface area contributed by atoms with Crippen molar-refractivity contribution in [2.75, 3.05) is 9.80 Å². The zero-order valence-corrected chi connectivity index (χ0v) is 40.3. The minimum atomic E-state index is -0.425. The quantitative estimate of drug-likeness (QED) is 0.155. The van der Waals surface area contributed by atoms with Gasteiger partial charge < -0.3 is 0 Å². The molecule has 0 unspecified atom stereocenters. The van der Waals surface area contributed by atoms with Crippen LogP contribution in [0.3, 0.4) is 0 Å². The first-order valence-electron chi connectivity index (χ1n) is 22.6. The second-order valence-corrected chi connectivity index (χ2v) is 22.4. The molecule has 0 bridgehead atoms. The molecular weight excluding hydrogens is 935 g/mol. The predicted octanol–water partition coefficient (Wildman–Crippen LogP) is 15.9. The minimum Gasteiger partial charge on any atom is -0.0564 e. The fourth-order valence-electron chi connectivity index (χ4n) is 10.7. The van der Waals surface area contributed by atoms with Gasteiger partial charge in [0.2, 0.25) is 0 Å². The number of anilines is 6. The van der Waals surface area contributed by atoms with Gasteiger partial charge >= 0.3 is 267 Å². The van der Waals surface area contributed by atoms with Crippen molar-refractivity contribution in [3.63, 3.8) is 0 Å². The van der Waals surface area contributed by atoms with Gasteiger partial charge in [-0.05, 0) is 33.2 Å². The van der Waals surface area contributed by atoms with Crippen molar-refractivity contribution in [2.45, 2.75) is 31.6 Å². The van der Waals surface area contributed by atoms with E-state index in [-0.39, 0.29) is 5.41 Å². The van der Waals surface area contributed by atoms with Crippen molar-refractivity contribution in [1.29, 1.82) is 0 Å². The van der Waals surface area contributed by atoms with Crippen LogP contribution in [0.1, 0.15) is 48.6 Å². The third-order valence-corrected chi connectivity index (χ3v) is 18.4. The summed E-state index contributed by atoms with van der Waals surface area (Å²) >= 11 is 0.633. The maximum atomic E-state index is 7.06. The molecule has 0 saturated heterocycles. The Morgan fingerprint density at radius 1 is 0.470 bits per heavy atom. The number of benzene rings is 8. The van der Waals surface area contributed by atoms with Crippen molar-refractivity contribution < 1.29 is 4.42 Å². The zero-order chi connectivity index (χ0) is 44.1. The van der Waals surface area contributed by atoms with Gasteiger partial charge in [0.25, 0.3) is 0 Å². The van der Waals surface area contributed by atoms with E-state index in [1.165, 1.54) is 55.8 Å². The molecule has 0 fully saturated rings. The Hall–Kier alpha value is -6.84. The number of para-hydroxylation sites is 2. The molecule has 3 nitrogen and oxygen atoms in total. The third kappa shape index (κ3) is 5.94. The Morgan fingerprint density at radius 2 is 1.06 bits per heavy atom. The summed E-state index contributed by atoms with van der Waals surface area (Å²) in [6.07, 6.45) is 0. The van der Waals surface area contributed by atoms with E-state index < -0.39 is 5.41 Å². The van der Waals surface area contributed by atoms with Crippen LogP contribution < -0.4 is 9.80 Å². The Morgan fingerprint density at radius 3 is 1.74 bits per heavy atom. The predicted molar refractivity (Wildman–Crippen MR) is 277 cm³/mol. The second kappa shape index (κ2) is 15.1. The Bertz CT molecular complexity index is 3590. The number of furan rings is 1. The van der Waals surface area contributed by atoms with Crippen molar-refractivity contribution in [1.82, 2.24) is 0 Å². The van der Waals surface area contributed by atoms with Gasteiger partial charge in [0.15, 0.2) is 0 Å². The van der Waals surface area contributed by atoms with Crippen LogP contribution in [-0.2, 0) is 10.8 Å². The van der Waals surface area contributed by atoms with Gasteiger partial charge in [-0.3, -0.25) is 0 Å². The van der Waals surface area contributed by atoms with E-state index in [0.717, 1.165) is 50.4 Å². The first-order chi connectivity index (χ1) is 32.4. The average Bonchev–Trinajstić information content (AvgIpc) is 4.17. The maximum absolute atomic E-state index is 7.06. The molecular formula is C61H44N2OSe2. The molecule has 0 saturated carbocycles. The summed E-state index contributed by atoms with van der Waals surface area (Å²) < 4.78 is 10.2. The Labute approximate surface area is 397 Å². The summed E-state index contributed by atoms with van der Waals surface area (Å²) in [6.45, 7) is 6.83. The van der Waals surface area contributed by atoms with E-state index in [9.17, 15) is 0 Å². The van der Waals surface area contributed by atoms with Crippen LogP contribution in [0.2, 0.25) is 0 Å². The number of hydrogen-bond acceptors (Lipinski definition) is 3. The molecule has 13 rings (SSSR count). The minimum absolute atomic E-state index is 0.0346. The van der Waals surface area contributed by atoms with E-state index >= 15 is 0 Å². The van der Waals surface area contributed by atoms with Gasteiger partial charge in [-0.15, -0.1) is 0 Å². The fourth-order valence-corrected chi connectivity index (χ4v) is 15.6. The SMILES string of the molecule is CC(C)(C)c1ccc(N(c2ccc(-c3ccc(-c4ccccc4)cc3)cc2)c2cccc(N3c4ccccc4C4(c5cc[se]c5-c5[se]ccc54)c4ccc5c(oc6ccccc65)c43)c2)cc1. The van der Waals surface area contributed by atoms with Crippen molar-refractivity contribution in [2.24, 2.45) is 0 Å². The van der Waals surface area contributed by atoms with Gasteiger partial charge in [-0.25, -0.2) is 0 Å². The molecule has 8 aromatic carbocycles. The summed E-state index contributed by atoms with van der Waals surface area (Å²) in [4.78, 5) is 9.78. The number of hydrogen-bond donors (Lipinski definition) is 0. The molecule has 0 amide bonds. The molecule has 1 aliphatic heterocycles. The summed E-state index contributed by atoms with van der Waals surface area (Å²) in [7, 11) is 0. The topological polar surface area (TPSA) is 19.6 Å². The molecule has 316 valence electrons. The van der Waals surface area contributed by atoms with Crippen LogP contribution in [0.5, 0.6) is 0 Å². The van der Waals surface area contributed by atoms with Crippen molar-refractivity contribution >= 4 is 85.1 Å². The standard InChI is InChI=1S/C61H44N2OSe2/c1-60(2,3)43-26-30-45(31-27-43)62(44-28-24-42(25-29-44)41-22-20-40(21-23-41)39-12-5-4-6-13-39)46-14-11-15-47(38-46)63-54-18-9-8-17-50(54)61(52-34-36-65-58(52)59-53(61)35-37-66-59)51-33-32-49-48-16-7-10-19-55(48)64-57(49)56(51)63/h4-38H,1-3H3. The van der Waals surface area contributed by atoms with E-state index in [2.05, 4.69) is 241 Å². The van der Waals surface area contributed by atoms with Crippen LogP contribution >= 0.6 is 0 Å². The monoisotopic (exact) mass is 980 g/mol. The molecule has 11 aromatic rings. The first-order valence-corrected chi connectivity index (χ1v) is 26.3. The molecule has 0 N–H and O–H groups in total. The molecule has 0 radical (unpaired) electrons. The fraction of sp³-hybridized carbons (Fsp3) is 0.0820. The van der Waals surface area contributed by atoms with Crippen LogP contribution in [0, 0.1) is 0 Å². The van der Waals surface area contributed by atoms with Gasteiger partial charge in [0.05, 0.1) is 0 Å². The van der Waals surface area contributed by atoms with E-state index in [0.29, 0.717) is 29.0 Å². The Kier molecular flexibility index (Phi) is 9.04. The average molecular weight is 979 g/mol. The molecule has 1 spiro atoms. The van der Waals surface area contributed by atoms with Gasteiger partial charge in [-0.1, -0.05) is 99.6 Å². The number of nitrogens with zero attached hydrogens (tertiary/aromatic N) is 2. The van der Waals surface area contributed by atoms with Crippen LogP contribution in [0.15, 0.2) is 214 Å². The number of fused-ring (bicyclic) bond motifs is 13. The molecule has 2 aliphatic rings.